The molecule has 0 radical (unpaired) electrons. The first-order chi connectivity index (χ1) is 11.3. The Hall–Kier alpha value is -2.76. The Morgan fingerprint density at radius 1 is 1.17 bits per heavy atom. The molecule has 6 nitrogen and oxygen atoms in total. The molecule has 3 rings (SSSR count). The normalized spacial score (nSPS) is 14.3. The topological polar surface area (TPSA) is 72.4 Å². The van der Waals surface area contributed by atoms with Gasteiger partial charge in [0.05, 0.1) is 13.1 Å². The molecule has 1 amide bonds. The number of likely N-dealkylation sites (tertiary alicyclic amines) is 1. The molecule has 2 aromatic rings. The summed E-state index contributed by atoms with van der Waals surface area (Å²) in [6, 6.07) is 9.15. The van der Waals surface area contributed by atoms with E-state index >= 15 is 0 Å². The molecule has 1 aliphatic rings. The fourth-order valence-electron chi connectivity index (χ4n) is 2.25. The minimum Gasteiger partial charge on any atom is -0.438 e. The number of ether oxygens (including phenoxy) is 1. The molecule has 6 heteroatoms. The van der Waals surface area contributed by atoms with E-state index in [1.807, 2.05) is 39.0 Å². The third kappa shape index (κ3) is 3.27. The summed E-state index contributed by atoms with van der Waals surface area (Å²) in [5.41, 5.74) is -0.0114. The monoisotopic (exact) mass is 325 g/mol. The van der Waals surface area contributed by atoms with Crippen LogP contribution in [-0.2, 0) is 10.2 Å². The number of para-hydroxylation sites is 1. The van der Waals surface area contributed by atoms with Crippen molar-refractivity contribution >= 4 is 11.7 Å². The Bertz CT molecular complexity index is 774. The van der Waals surface area contributed by atoms with Crippen LogP contribution in [0.5, 0.6) is 11.6 Å². The summed E-state index contributed by atoms with van der Waals surface area (Å²) in [4.78, 5) is 33.9. The van der Waals surface area contributed by atoms with Crippen molar-refractivity contribution in [1.29, 1.82) is 0 Å². The predicted octanol–water partition coefficient (Wildman–Crippen LogP) is 2.59. The van der Waals surface area contributed by atoms with Gasteiger partial charge in [0.15, 0.2) is 5.78 Å². The van der Waals surface area contributed by atoms with Crippen molar-refractivity contribution in [3.63, 3.8) is 0 Å². The van der Waals surface area contributed by atoms with Gasteiger partial charge in [-0.25, -0.2) is 4.98 Å². The minimum absolute atomic E-state index is 0.0427. The number of amides is 1. The zero-order valence-corrected chi connectivity index (χ0v) is 13.9. The largest absolute Gasteiger partial charge is 0.438 e. The van der Waals surface area contributed by atoms with Crippen LogP contribution >= 0.6 is 0 Å². The third-order valence-electron chi connectivity index (χ3n) is 3.63. The molecule has 124 valence electrons. The predicted molar refractivity (Wildman–Crippen MR) is 88.2 cm³/mol. The summed E-state index contributed by atoms with van der Waals surface area (Å²) in [5, 5.41) is 0. The number of hydrogen-bond acceptors (Lipinski definition) is 5. The van der Waals surface area contributed by atoms with E-state index in [9.17, 15) is 9.59 Å². The lowest BCUT2D eigenvalue weighted by atomic mass is 9.95. The SMILES string of the molecule is CC(C)(C)c1ncc(C(=O)N2CC(=O)C2)c(Oc2ccccc2)n1. The Labute approximate surface area is 140 Å². The summed E-state index contributed by atoms with van der Waals surface area (Å²) < 4.78 is 5.83. The maximum absolute atomic E-state index is 12.6. The van der Waals surface area contributed by atoms with Gasteiger partial charge >= 0.3 is 0 Å². The van der Waals surface area contributed by atoms with Gasteiger partial charge in [0.1, 0.15) is 17.1 Å². The first-order valence-electron chi connectivity index (χ1n) is 7.76. The molecule has 0 unspecified atom stereocenters. The molecular formula is C18H19N3O3. The van der Waals surface area contributed by atoms with Gasteiger partial charge in [-0.05, 0) is 12.1 Å². The molecule has 1 aromatic carbocycles. The number of nitrogens with zero attached hydrogens (tertiary/aromatic N) is 3. The fraction of sp³-hybridized carbons (Fsp3) is 0.333. The van der Waals surface area contributed by atoms with Gasteiger partial charge in [-0.15, -0.1) is 0 Å². The van der Waals surface area contributed by atoms with E-state index in [0.29, 0.717) is 11.6 Å². The number of aromatic nitrogens is 2. The van der Waals surface area contributed by atoms with E-state index in [4.69, 9.17) is 4.74 Å². The molecule has 0 atom stereocenters. The maximum atomic E-state index is 12.6. The number of rotatable bonds is 3. The van der Waals surface area contributed by atoms with Crippen molar-refractivity contribution in [2.24, 2.45) is 0 Å². The molecule has 0 N–H and O–H groups in total. The zero-order valence-electron chi connectivity index (χ0n) is 13.9. The maximum Gasteiger partial charge on any atom is 0.261 e. The van der Waals surface area contributed by atoms with Gasteiger partial charge in [-0.3, -0.25) is 9.59 Å². The number of ketones is 1. The van der Waals surface area contributed by atoms with Crippen molar-refractivity contribution in [3.05, 3.63) is 47.9 Å². The van der Waals surface area contributed by atoms with Crippen molar-refractivity contribution in [2.45, 2.75) is 26.2 Å². The second kappa shape index (κ2) is 6.03. The van der Waals surface area contributed by atoms with Crippen LogP contribution in [0.25, 0.3) is 0 Å². The van der Waals surface area contributed by atoms with Crippen LogP contribution in [0.3, 0.4) is 0 Å². The lowest BCUT2D eigenvalue weighted by Gasteiger charge is -2.29. The number of benzene rings is 1. The quantitative estimate of drug-likeness (QED) is 0.867. The highest BCUT2D eigenvalue weighted by Gasteiger charge is 2.32. The zero-order chi connectivity index (χ0) is 17.3. The number of carbonyl (C=O) groups excluding carboxylic acids is 2. The molecule has 1 saturated heterocycles. The van der Waals surface area contributed by atoms with Gasteiger partial charge in [0, 0.05) is 11.6 Å². The van der Waals surface area contributed by atoms with E-state index in [0.717, 1.165) is 0 Å². The van der Waals surface area contributed by atoms with Gasteiger partial charge in [0.25, 0.3) is 5.91 Å². The van der Waals surface area contributed by atoms with Crippen molar-refractivity contribution < 1.29 is 14.3 Å². The molecule has 0 bridgehead atoms. The summed E-state index contributed by atoms with van der Waals surface area (Å²) in [6.07, 6.45) is 1.48. The Balaban J connectivity index is 1.97. The van der Waals surface area contributed by atoms with E-state index in [-0.39, 0.29) is 41.6 Å². The number of Topliss-reactive ketones (excluding diaryl/α,β-unsaturated/α-hetero) is 1. The van der Waals surface area contributed by atoms with E-state index in [1.165, 1.54) is 11.1 Å². The van der Waals surface area contributed by atoms with Crippen LogP contribution in [0.1, 0.15) is 37.0 Å². The first kappa shape index (κ1) is 16.1. The fourth-order valence-corrected chi connectivity index (χ4v) is 2.25. The molecule has 0 spiro atoms. The summed E-state index contributed by atoms with van der Waals surface area (Å²) >= 11 is 0. The molecule has 0 aliphatic carbocycles. The summed E-state index contributed by atoms with van der Waals surface area (Å²) in [6.45, 7) is 6.23. The van der Waals surface area contributed by atoms with Gasteiger partial charge in [-0.2, -0.15) is 4.98 Å². The lowest BCUT2D eigenvalue weighted by molar-refractivity contribution is -0.127. The number of carbonyl (C=O) groups is 2. The van der Waals surface area contributed by atoms with Crippen LogP contribution in [-0.4, -0.2) is 39.6 Å². The Morgan fingerprint density at radius 3 is 2.42 bits per heavy atom. The molecule has 2 heterocycles. The van der Waals surface area contributed by atoms with Gasteiger partial charge in [0.2, 0.25) is 5.88 Å². The second-order valence-corrected chi connectivity index (χ2v) is 6.78. The molecule has 1 aromatic heterocycles. The van der Waals surface area contributed by atoms with Gasteiger partial charge < -0.3 is 9.64 Å². The van der Waals surface area contributed by atoms with Crippen LogP contribution in [0.2, 0.25) is 0 Å². The molecular weight excluding hydrogens is 306 g/mol. The van der Waals surface area contributed by atoms with Crippen LogP contribution in [0, 0.1) is 0 Å². The highest BCUT2D eigenvalue weighted by molar-refractivity contribution is 6.04. The average molecular weight is 325 g/mol. The first-order valence-corrected chi connectivity index (χ1v) is 7.76. The van der Waals surface area contributed by atoms with E-state index in [2.05, 4.69) is 9.97 Å². The lowest BCUT2D eigenvalue weighted by Crippen LogP contribution is -2.50. The smallest absolute Gasteiger partial charge is 0.261 e. The Morgan fingerprint density at radius 2 is 1.83 bits per heavy atom. The molecule has 0 saturated carbocycles. The second-order valence-electron chi connectivity index (χ2n) is 6.78. The standard InChI is InChI=1S/C18H19N3O3/c1-18(2,3)17-19-9-14(16(23)21-10-12(22)11-21)15(20-17)24-13-7-5-4-6-8-13/h4-9H,10-11H2,1-3H3. The molecule has 1 aliphatic heterocycles. The highest BCUT2D eigenvalue weighted by atomic mass is 16.5. The molecule has 1 fully saturated rings. The summed E-state index contributed by atoms with van der Waals surface area (Å²) in [7, 11) is 0. The van der Waals surface area contributed by atoms with Crippen molar-refractivity contribution in [2.75, 3.05) is 13.1 Å². The minimum atomic E-state index is -0.291. The summed E-state index contributed by atoms with van der Waals surface area (Å²) in [5.74, 6) is 1.14. The van der Waals surface area contributed by atoms with Crippen LogP contribution in [0.15, 0.2) is 36.5 Å². The highest BCUT2D eigenvalue weighted by Crippen LogP contribution is 2.28. The van der Waals surface area contributed by atoms with Crippen LogP contribution in [0.4, 0.5) is 0 Å². The van der Waals surface area contributed by atoms with E-state index in [1.54, 1.807) is 12.1 Å². The van der Waals surface area contributed by atoms with Gasteiger partial charge in [-0.1, -0.05) is 39.0 Å². The van der Waals surface area contributed by atoms with Crippen LogP contribution < -0.4 is 4.74 Å². The third-order valence-corrected chi connectivity index (χ3v) is 3.63. The number of hydrogen-bond donors (Lipinski definition) is 0. The van der Waals surface area contributed by atoms with E-state index < -0.39 is 0 Å². The van der Waals surface area contributed by atoms with Crippen molar-refractivity contribution in [1.82, 2.24) is 14.9 Å². The molecule has 24 heavy (non-hydrogen) atoms. The van der Waals surface area contributed by atoms with Crippen molar-refractivity contribution in [3.8, 4) is 11.6 Å². The Kier molecular flexibility index (Phi) is 4.05. The average Bonchev–Trinajstić information content (AvgIpc) is 2.51.